The quantitative estimate of drug-likeness (QED) is 0.494. The first-order chi connectivity index (χ1) is 14.6. The molecule has 0 spiro atoms. The number of aromatic nitrogens is 1. The molecule has 0 N–H and O–H groups in total. The minimum atomic E-state index is -0.148. The maximum atomic E-state index is 13.0. The summed E-state index contributed by atoms with van der Waals surface area (Å²) >= 11 is 7.37. The van der Waals surface area contributed by atoms with Crippen LogP contribution in [0.2, 0.25) is 5.02 Å². The molecule has 0 radical (unpaired) electrons. The molecule has 5 nitrogen and oxygen atoms in total. The van der Waals surface area contributed by atoms with Crippen LogP contribution in [0.25, 0.3) is 11.3 Å². The lowest BCUT2D eigenvalue weighted by atomic mass is 10.1. The van der Waals surface area contributed by atoms with E-state index in [0.717, 1.165) is 30.7 Å². The molecule has 1 saturated heterocycles. The van der Waals surface area contributed by atoms with Gasteiger partial charge in [0.15, 0.2) is 11.7 Å². The van der Waals surface area contributed by atoms with Crippen molar-refractivity contribution in [1.29, 1.82) is 0 Å². The van der Waals surface area contributed by atoms with Gasteiger partial charge in [-0.15, -0.1) is 11.3 Å². The van der Waals surface area contributed by atoms with Gasteiger partial charge in [0.2, 0.25) is 0 Å². The molecule has 2 aromatic carbocycles. The van der Waals surface area contributed by atoms with Crippen molar-refractivity contribution in [2.45, 2.75) is 25.9 Å². The molecule has 1 amide bonds. The molecule has 1 fully saturated rings. The standard InChI is InChI=1S/C23H23ClN2O3S/c1-16-4-6-17(7-5-16)21-15-30-23(25-21)26(13-20-3-2-12-28-20)22(27)14-29-19-10-8-18(24)9-11-19/h4-11,15,20H,2-3,12-14H2,1H3. The Morgan fingerprint density at radius 2 is 2.00 bits per heavy atom. The highest BCUT2D eigenvalue weighted by Crippen LogP contribution is 2.29. The topological polar surface area (TPSA) is 51.7 Å². The second-order valence-electron chi connectivity index (χ2n) is 7.26. The predicted octanol–water partition coefficient (Wildman–Crippen LogP) is 5.36. The zero-order valence-corrected chi connectivity index (χ0v) is 18.3. The number of amides is 1. The summed E-state index contributed by atoms with van der Waals surface area (Å²) in [7, 11) is 0. The van der Waals surface area contributed by atoms with E-state index >= 15 is 0 Å². The van der Waals surface area contributed by atoms with E-state index in [0.29, 0.717) is 22.4 Å². The van der Waals surface area contributed by atoms with Crippen LogP contribution in [0.4, 0.5) is 5.13 Å². The van der Waals surface area contributed by atoms with E-state index in [1.165, 1.54) is 16.9 Å². The van der Waals surface area contributed by atoms with Crippen molar-refractivity contribution in [2.24, 2.45) is 0 Å². The summed E-state index contributed by atoms with van der Waals surface area (Å²) in [6, 6.07) is 15.2. The number of carbonyl (C=O) groups is 1. The molecule has 2 heterocycles. The molecule has 1 aliphatic heterocycles. The van der Waals surface area contributed by atoms with E-state index in [9.17, 15) is 4.79 Å². The minimum Gasteiger partial charge on any atom is -0.484 e. The van der Waals surface area contributed by atoms with Gasteiger partial charge in [-0.25, -0.2) is 4.98 Å². The lowest BCUT2D eigenvalue weighted by molar-refractivity contribution is -0.120. The van der Waals surface area contributed by atoms with Crippen molar-refractivity contribution in [3.63, 3.8) is 0 Å². The molecule has 0 bridgehead atoms. The molecule has 1 aliphatic rings. The summed E-state index contributed by atoms with van der Waals surface area (Å²) in [6.07, 6.45) is 1.98. The largest absolute Gasteiger partial charge is 0.484 e. The van der Waals surface area contributed by atoms with Crippen molar-refractivity contribution < 1.29 is 14.3 Å². The van der Waals surface area contributed by atoms with Gasteiger partial charge >= 0.3 is 0 Å². The fourth-order valence-corrected chi connectivity index (χ4v) is 4.26. The number of anilines is 1. The average Bonchev–Trinajstić information content (AvgIpc) is 3.44. The number of benzene rings is 2. The Morgan fingerprint density at radius 3 is 2.70 bits per heavy atom. The highest BCUT2D eigenvalue weighted by atomic mass is 35.5. The fraction of sp³-hybridized carbons (Fsp3) is 0.304. The molecule has 1 atom stereocenters. The first-order valence-electron chi connectivity index (χ1n) is 9.91. The Bertz CT molecular complexity index is 982. The normalized spacial score (nSPS) is 15.9. The summed E-state index contributed by atoms with van der Waals surface area (Å²) in [5.74, 6) is 0.453. The summed E-state index contributed by atoms with van der Waals surface area (Å²) < 4.78 is 11.4. The van der Waals surface area contributed by atoms with Crippen LogP contribution in [-0.2, 0) is 9.53 Å². The van der Waals surface area contributed by atoms with Crippen LogP contribution >= 0.6 is 22.9 Å². The summed E-state index contributed by atoms with van der Waals surface area (Å²) in [6.45, 7) is 3.19. The van der Waals surface area contributed by atoms with E-state index in [2.05, 4.69) is 19.1 Å². The molecule has 156 valence electrons. The Labute approximate surface area is 185 Å². The maximum Gasteiger partial charge on any atom is 0.266 e. The number of hydrogen-bond acceptors (Lipinski definition) is 5. The number of nitrogens with zero attached hydrogens (tertiary/aromatic N) is 2. The molecule has 0 saturated carbocycles. The SMILES string of the molecule is Cc1ccc(-c2csc(N(CC3CCCO3)C(=O)COc3ccc(Cl)cc3)n2)cc1. The van der Waals surface area contributed by atoms with Gasteiger partial charge in [0.05, 0.1) is 18.3 Å². The third-order valence-electron chi connectivity index (χ3n) is 4.96. The van der Waals surface area contributed by atoms with Crippen LogP contribution in [0.15, 0.2) is 53.9 Å². The van der Waals surface area contributed by atoms with E-state index in [1.54, 1.807) is 29.2 Å². The van der Waals surface area contributed by atoms with Crippen molar-refractivity contribution in [3.8, 4) is 17.0 Å². The molecule has 0 aliphatic carbocycles. The number of halogens is 1. The second kappa shape index (κ2) is 9.60. The van der Waals surface area contributed by atoms with Crippen molar-refractivity contribution in [2.75, 3.05) is 24.7 Å². The molecular formula is C23H23ClN2O3S. The second-order valence-corrected chi connectivity index (χ2v) is 8.54. The Morgan fingerprint density at radius 1 is 1.23 bits per heavy atom. The number of ether oxygens (including phenoxy) is 2. The highest BCUT2D eigenvalue weighted by Gasteiger charge is 2.26. The van der Waals surface area contributed by atoms with Crippen LogP contribution < -0.4 is 9.64 Å². The third kappa shape index (κ3) is 5.19. The van der Waals surface area contributed by atoms with Gasteiger partial charge in [0.1, 0.15) is 5.75 Å². The van der Waals surface area contributed by atoms with Gasteiger partial charge in [-0.1, -0.05) is 41.4 Å². The van der Waals surface area contributed by atoms with Crippen LogP contribution in [0.3, 0.4) is 0 Å². The van der Waals surface area contributed by atoms with E-state index < -0.39 is 0 Å². The molecule has 30 heavy (non-hydrogen) atoms. The van der Waals surface area contributed by atoms with E-state index in [-0.39, 0.29) is 18.6 Å². The van der Waals surface area contributed by atoms with Gasteiger partial charge in [0.25, 0.3) is 5.91 Å². The predicted molar refractivity (Wildman–Crippen MR) is 121 cm³/mol. The number of hydrogen-bond donors (Lipinski definition) is 0. The van der Waals surface area contributed by atoms with Gasteiger partial charge in [0, 0.05) is 22.6 Å². The zero-order valence-electron chi connectivity index (χ0n) is 16.7. The summed E-state index contributed by atoms with van der Waals surface area (Å²) in [5, 5.41) is 3.27. The van der Waals surface area contributed by atoms with E-state index in [1.807, 2.05) is 17.5 Å². The number of thiazole rings is 1. The molecule has 1 aromatic heterocycles. The number of rotatable bonds is 7. The van der Waals surface area contributed by atoms with Gasteiger partial charge in [-0.3, -0.25) is 9.69 Å². The van der Waals surface area contributed by atoms with Crippen molar-refractivity contribution in [1.82, 2.24) is 4.98 Å². The zero-order chi connectivity index (χ0) is 20.9. The number of aryl methyl sites for hydroxylation is 1. The molecular weight excluding hydrogens is 420 g/mol. The highest BCUT2D eigenvalue weighted by molar-refractivity contribution is 7.14. The monoisotopic (exact) mass is 442 g/mol. The van der Waals surface area contributed by atoms with E-state index in [4.69, 9.17) is 26.1 Å². The third-order valence-corrected chi connectivity index (χ3v) is 6.07. The van der Waals surface area contributed by atoms with Gasteiger partial charge in [-0.05, 0) is 44.0 Å². The average molecular weight is 443 g/mol. The summed E-state index contributed by atoms with van der Waals surface area (Å²) in [4.78, 5) is 19.5. The smallest absolute Gasteiger partial charge is 0.266 e. The number of carbonyl (C=O) groups excluding carboxylic acids is 1. The Hall–Kier alpha value is -2.41. The fourth-order valence-electron chi connectivity index (χ4n) is 3.28. The minimum absolute atomic E-state index is 0.0243. The van der Waals surface area contributed by atoms with Crippen molar-refractivity contribution in [3.05, 3.63) is 64.5 Å². The molecule has 7 heteroatoms. The van der Waals surface area contributed by atoms with Gasteiger partial charge < -0.3 is 9.47 Å². The van der Waals surface area contributed by atoms with Gasteiger partial charge in [-0.2, -0.15) is 0 Å². The van der Waals surface area contributed by atoms with Crippen LogP contribution in [-0.4, -0.2) is 36.8 Å². The Balaban J connectivity index is 1.51. The molecule has 3 aromatic rings. The maximum absolute atomic E-state index is 13.0. The first-order valence-corrected chi connectivity index (χ1v) is 11.2. The molecule has 1 unspecified atom stereocenters. The van der Waals surface area contributed by atoms with Crippen LogP contribution in [0, 0.1) is 6.92 Å². The van der Waals surface area contributed by atoms with Crippen LogP contribution in [0.5, 0.6) is 5.75 Å². The Kier molecular flexibility index (Phi) is 6.67. The van der Waals surface area contributed by atoms with Crippen molar-refractivity contribution >= 4 is 34.0 Å². The summed E-state index contributed by atoms with van der Waals surface area (Å²) in [5.41, 5.74) is 3.09. The lowest BCUT2D eigenvalue weighted by Gasteiger charge is -2.23. The molecule has 4 rings (SSSR count). The first kappa shape index (κ1) is 20.8. The lowest BCUT2D eigenvalue weighted by Crippen LogP contribution is -2.40. The van der Waals surface area contributed by atoms with Crippen LogP contribution in [0.1, 0.15) is 18.4 Å².